The Morgan fingerprint density at radius 3 is 2.76 bits per heavy atom. The van der Waals surface area contributed by atoms with Gasteiger partial charge in [0.05, 0.1) is 17.8 Å². The van der Waals surface area contributed by atoms with E-state index in [1.54, 1.807) is 24.4 Å². The number of hydrogen-bond acceptors (Lipinski definition) is 4. The van der Waals surface area contributed by atoms with Gasteiger partial charge >= 0.3 is 0 Å². The lowest BCUT2D eigenvalue weighted by molar-refractivity contribution is -0.120. The zero-order chi connectivity index (χ0) is 17.6. The Morgan fingerprint density at radius 1 is 1.20 bits per heavy atom. The Morgan fingerprint density at radius 2 is 2.00 bits per heavy atom. The Balaban J connectivity index is 1.56. The molecule has 3 aromatic rings. The first kappa shape index (κ1) is 17.2. The Kier molecular flexibility index (Phi) is 5.50. The summed E-state index contributed by atoms with van der Waals surface area (Å²) >= 11 is 1.48. The maximum absolute atomic E-state index is 13.6. The van der Waals surface area contributed by atoms with E-state index in [-0.39, 0.29) is 18.1 Å². The van der Waals surface area contributed by atoms with Crippen molar-refractivity contribution in [3.05, 3.63) is 70.6 Å². The van der Waals surface area contributed by atoms with E-state index in [1.807, 2.05) is 25.1 Å². The number of halogens is 1. The van der Waals surface area contributed by atoms with Crippen molar-refractivity contribution in [2.24, 2.45) is 0 Å². The molecule has 0 bridgehead atoms. The second-order valence-electron chi connectivity index (χ2n) is 5.61. The molecule has 2 heterocycles. The summed E-state index contributed by atoms with van der Waals surface area (Å²) in [7, 11) is 0. The highest BCUT2D eigenvalue weighted by molar-refractivity contribution is 7.15. The summed E-state index contributed by atoms with van der Waals surface area (Å²) in [6, 6.07) is 12.3. The topological polar surface area (TPSA) is 54.9 Å². The SMILES string of the molecule is Cc1nc(-c2ccccn2)sc1CC(=O)NCCc1ccccc1F. The van der Waals surface area contributed by atoms with Crippen molar-refractivity contribution in [2.75, 3.05) is 6.54 Å². The molecule has 1 aromatic carbocycles. The van der Waals surface area contributed by atoms with Crippen molar-refractivity contribution in [1.82, 2.24) is 15.3 Å². The highest BCUT2D eigenvalue weighted by Gasteiger charge is 2.13. The number of nitrogens with zero attached hydrogens (tertiary/aromatic N) is 2. The number of benzene rings is 1. The van der Waals surface area contributed by atoms with Gasteiger partial charge < -0.3 is 5.32 Å². The fourth-order valence-corrected chi connectivity index (χ4v) is 3.47. The third-order valence-electron chi connectivity index (χ3n) is 3.77. The molecule has 0 saturated heterocycles. The lowest BCUT2D eigenvalue weighted by Gasteiger charge is -2.05. The van der Waals surface area contributed by atoms with Crippen molar-refractivity contribution in [2.45, 2.75) is 19.8 Å². The molecule has 128 valence electrons. The average Bonchev–Trinajstić information content (AvgIpc) is 2.98. The van der Waals surface area contributed by atoms with Crippen molar-refractivity contribution in [3.63, 3.8) is 0 Å². The summed E-state index contributed by atoms with van der Waals surface area (Å²) in [5.74, 6) is -0.328. The van der Waals surface area contributed by atoms with Gasteiger partial charge in [0.15, 0.2) is 0 Å². The molecule has 6 heteroatoms. The number of amides is 1. The van der Waals surface area contributed by atoms with Crippen LogP contribution < -0.4 is 5.32 Å². The molecule has 1 N–H and O–H groups in total. The summed E-state index contributed by atoms with van der Waals surface area (Å²) in [5.41, 5.74) is 2.26. The quantitative estimate of drug-likeness (QED) is 0.736. The number of carbonyl (C=O) groups is 1. The number of nitrogens with one attached hydrogen (secondary N) is 1. The number of aryl methyl sites for hydroxylation is 1. The number of carbonyl (C=O) groups excluding carboxylic acids is 1. The minimum absolute atomic E-state index is 0.0874. The molecular weight excluding hydrogens is 337 g/mol. The normalized spacial score (nSPS) is 10.6. The van der Waals surface area contributed by atoms with Gasteiger partial charge in [0.2, 0.25) is 5.91 Å². The standard InChI is InChI=1S/C19H18FN3OS/c1-13-17(25-19(23-13)16-8-4-5-10-21-16)12-18(24)22-11-9-14-6-2-3-7-15(14)20/h2-8,10H,9,11-12H2,1H3,(H,22,24). The number of aromatic nitrogens is 2. The van der Waals surface area contributed by atoms with Crippen LogP contribution in [0.5, 0.6) is 0 Å². The van der Waals surface area contributed by atoms with E-state index in [0.717, 1.165) is 21.3 Å². The molecule has 3 rings (SSSR count). The molecule has 4 nitrogen and oxygen atoms in total. The molecule has 0 aliphatic carbocycles. The monoisotopic (exact) mass is 355 g/mol. The van der Waals surface area contributed by atoms with Crippen LogP contribution in [0.2, 0.25) is 0 Å². The van der Waals surface area contributed by atoms with Gasteiger partial charge in [-0.05, 0) is 37.1 Å². The van der Waals surface area contributed by atoms with Gasteiger partial charge in [-0.15, -0.1) is 11.3 Å². The van der Waals surface area contributed by atoms with Crippen molar-refractivity contribution in [3.8, 4) is 10.7 Å². The second kappa shape index (κ2) is 7.98. The number of rotatable bonds is 6. The minimum Gasteiger partial charge on any atom is -0.355 e. The van der Waals surface area contributed by atoms with Gasteiger partial charge in [-0.2, -0.15) is 0 Å². The molecule has 0 aliphatic heterocycles. The first-order valence-electron chi connectivity index (χ1n) is 8.01. The lowest BCUT2D eigenvalue weighted by atomic mass is 10.1. The van der Waals surface area contributed by atoms with Gasteiger partial charge in [-0.1, -0.05) is 24.3 Å². The predicted molar refractivity (Wildman–Crippen MR) is 96.9 cm³/mol. The van der Waals surface area contributed by atoms with Crippen molar-refractivity contribution in [1.29, 1.82) is 0 Å². The van der Waals surface area contributed by atoms with Crippen LogP contribution in [0.4, 0.5) is 4.39 Å². The van der Waals surface area contributed by atoms with E-state index in [4.69, 9.17) is 0 Å². The van der Waals surface area contributed by atoms with Crippen LogP contribution in [0.25, 0.3) is 10.7 Å². The van der Waals surface area contributed by atoms with Crippen molar-refractivity contribution >= 4 is 17.2 Å². The fraction of sp³-hybridized carbons (Fsp3) is 0.211. The van der Waals surface area contributed by atoms with Gasteiger partial charge in [0.25, 0.3) is 0 Å². The first-order valence-corrected chi connectivity index (χ1v) is 8.83. The van der Waals surface area contributed by atoms with Crippen LogP contribution in [0.3, 0.4) is 0 Å². The molecule has 1 amide bonds. The number of pyridine rings is 1. The minimum atomic E-state index is -0.241. The molecule has 2 aromatic heterocycles. The largest absolute Gasteiger partial charge is 0.355 e. The summed E-state index contributed by atoms with van der Waals surface area (Å²) in [6.07, 6.45) is 2.47. The van der Waals surface area contributed by atoms with Gasteiger partial charge in [0, 0.05) is 17.6 Å². The van der Waals surface area contributed by atoms with E-state index in [9.17, 15) is 9.18 Å². The molecule has 0 aliphatic rings. The first-order chi connectivity index (χ1) is 12.1. The van der Waals surface area contributed by atoms with Crippen LogP contribution >= 0.6 is 11.3 Å². The van der Waals surface area contributed by atoms with E-state index >= 15 is 0 Å². The second-order valence-corrected chi connectivity index (χ2v) is 6.69. The lowest BCUT2D eigenvalue weighted by Crippen LogP contribution is -2.27. The molecule has 0 radical (unpaired) electrons. The third kappa shape index (κ3) is 4.48. The predicted octanol–water partition coefficient (Wildman–Crippen LogP) is 3.55. The zero-order valence-electron chi connectivity index (χ0n) is 13.8. The van der Waals surface area contributed by atoms with Crippen LogP contribution in [-0.4, -0.2) is 22.4 Å². The molecule has 0 unspecified atom stereocenters. The fourth-order valence-electron chi connectivity index (χ4n) is 2.44. The van der Waals surface area contributed by atoms with Crippen molar-refractivity contribution < 1.29 is 9.18 Å². The van der Waals surface area contributed by atoms with Crippen LogP contribution in [-0.2, 0) is 17.6 Å². The maximum atomic E-state index is 13.6. The van der Waals surface area contributed by atoms with E-state index in [2.05, 4.69) is 15.3 Å². The van der Waals surface area contributed by atoms with Gasteiger partial charge in [0.1, 0.15) is 10.8 Å². The summed E-state index contributed by atoms with van der Waals surface area (Å²) in [4.78, 5) is 21.9. The number of thiazole rings is 1. The van der Waals surface area contributed by atoms with Crippen LogP contribution in [0.15, 0.2) is 48.7 Å². The third-order valence-corrected chi connectivity index (χ3v) is 4.95. The number of hydrogen-bond donors (Lipinski definition) is 1. The van der Waals surface area contributed by atoms with Crippen LogP contribution in [0.1, 0.15) is 16.1 Å². The Bertz CT molecular complexity index is 864. The summed E-state index contributed by atoms with van der Waals surface area (Å²) in [5, 5.41) is 3.65. The van der Waals surface area contributed by atoms with E-state index in [0.29, 0.717) is 18.5 Å². The van der Waals surface area contributed by atoms with E-state index < -0.39 is 0 Å². The summed E-state index contributed by atoms with van der Waals surface area (Å²) < 4.78 is 13.6. The molecule has 0 saturated carbocycles. The zero-order valence-corrected chi connectivity index (χ0v) is 14.6. The van der Waals surface area contributed by atoms with E-state index in [1.165, 1.54) is 17.4 Å². The highest BCUT2D eigenvalue weighted by atomic mass is 32.1. The molecule has 0 spiro atoms. The average molecular weight is 355 g/mol. The molecule has 0 fully saturated rings. The maximum Gasteiger partial charge on any atom is 0.225 e. The molecular formula is C19H18FN3OS. The molecule has 25 heavy (non-hydrogen) atoms. The summed E-state index contributed by atoms with van der Waals surface area (Å²) in [6.45, 7) is 2.30. The van der Waals surface area contributed by atoms with Gasteiger partial charge in [-0.25, -0.2) is 9.37 Å². The highest BCUT2D eigenvalue weighted by Crippen LogP contribution is 2.26. The smallest absolute Gasteiger partial charge is 0.225 e. The van der Waals surface area contributed by atoms with Gasteiger partial charge in [-0.3, -0.25) is 9.78 Å². The Labute approximate surface area is 149 Å². The molecule has 0 atom stereocenters. The Hall–Kier alpha value is -2.60. The van der Waals surface area contributed by atoms with Crippen LogP contribution in [0, 0.1) is 12.7 Å².